The smallest absolute Gasteiger partial charge is 0.164 e. The van der Waals surface area contributed by atoms with Gasteiger partial charge in [-0.15, -0.1) is 0 Å². The molecule has 0 unspecified atom stereocenters. The predicted octanol–water partition coefficient (Wildman–Crippen LogP) is 1.68. The first-order valence-corrected chi connectivity index (χ1v) is 3.68. The second-order valence-corrected chi connectivity index (χ2v) is 2.90. The highest BCUT2D eigenvalue weighted by Gasteiger charge is 2.25. The highest BCUT2D eigenvalue weighted by molar-refractivity contribution is 5.40. The molecule has 1 saturated carbocycles. The lowest BCUT2D eigenvalue weighted by molar-refractivity contribution is 0.624. The van der Waals surface area contributed by atoms with Gasteiger partial charge in [-0.25, -0.2) is 4.39 Å². The van der Waals surface area contributed by atoms with E-state index in [0.717, 1.165) is 18.5 Å². The molecule has 0 bridgehead atoms. The van der Waals surface area contributed by atoms with E-state index >= 15 is 0 Å². The van der Waals surface area contributed by atoms with Crippen LogP contribution in [0.25, 0.3) is 0 Å². The minimum absolute atomic E-state index is 0.210. The topological polar surface area (TPSA) is 38.9 Å². The minimum atomic E-state index is -0.422. The fourth-order valence-electron chi connectivity index (χ4n) is 1.07. The van der Waals surface area contributed by atoms with E-state index in [1.807, 2.05) is 0 Å². The van der Waals surface area contributed by atoms with Gasteiger partial charge in [0.15, 0.2) is 5.82 Å². The Morgan fingerprint density at radius 3 is 2.82 bits per heavy atom. The van der Waals surface area contributed by atoms with Crippen LogP contribution in [0, 0.1) is 5.82 Å². The molecule has 1 aromatic rings. The summed E-state index contributed by atoms with van der Waals surface area (Å²) in [4.78, 5) is 3.95. The molecule has 0 saturated heterocycles. The summed E-state index contributed by atoms with van der Waals surface area (Å²) in [7, 11) is 0. The highest BCUT2D eigenvalue weighted by Crippen LogP contribution is 2.39. The summed E-state index contributed by atoms with van der Waals surface area (Å²) < 4.78 is 12.6. The van der Waals surface area contributed by atoms with E-state index in [1.165, 1.54) is 6.20 Å². The number of pyridine rings is 1. The third-order valence-corrected chi connectivity index (χ3v) is 1.90. The Balaban J connectivity index is 2.36. The Bertz CT molecular complexity index is 281. The van der Waals surface area contributed by atoms with Crippen LogP contribution < -0.4 is 5.73 Å². The van der Waals surface area contributed by atoms with Crippen LogP contribution in [-0.4, -0.2) is 4.98 Å². The first-order valence-electron chi connectivity index (χ1n) is 3.68. The van der Waals surface area contributed by atoms with Crippen molar-refractivity contribution in [3.05, 3.63) is 23.8 Å². The molecule has 1 fully saturated rings. The van der Waals surface area contributed by atoms with Crippen molar-refractivity contribution >= 4 is 5.69 Å². The molecule has 1 aromatic heterocycles. The molecule has 2 N–H and O–H groups in total. The molecule has 1 aliphatic rings. The first-order chi connectivity index (χ1) is 5.27. The Kier molecular flexibility index (Phi) is 1.31. The number of hydrogen-bond donors (Lipinski definition) is 1. The van der Waals surface area contributed by atoms with Gasteiger partial charge in [-0.2, -0.15) is 0 Å². The Morgan fingerprint density at radius 2 is 2.27 bits per heavy atom. The number of nitrogens with zero attached hydrogens (tertiary/aromatic N) is 1. The molecule has 2 nitrogen and oxygen atoms in total. The van der Waals surface area contributed by atoms with Crippen LogP contribution >= 0.6 is 0 Å². The van der Waals surface area contributed by atoms with Crippen LogP contribution in [0.1, 0.15) is 24.5 Å². The van der Waals surface area contributed by atoms with Gasteiger partial charge < -0.3 is 5.73 Å². The largest absolute Gasteiger partial charge is 0.396 e. The van der Waals surface area contributed by atoms with Crippen molar-refractivity contribution in [1.82, 2.24) is 4.98 Å². The zero-order chi connectivity index (χ0) is 7.84. The van der Waals surface area contributed by atoms with Crippen LogP contribution in [0.15, 0.2) is 12.3 Å². The number of anilines is 1. The second kappa shape index (κ2) is 2.19. The molecule has 0 aromatic carbocycles. The molecule has 11 heavy (non-hydrogen) atoms. The lowest BCUT2D eigenvalue weighted by Gasteiger charge is -1.98. The number of hydrogen-bond acceptors (Lipinski definition) is 2. The van der Waals surface area contributed by atoms with Crippen LogP contribution in [0.4, 0.5) is 10.1 Å². The zero-order valence-electron chi connectivity index (χ0n) is 6.05. The standard InChI is InChI=1S/C8H9FN2/c9-6-4-11-8(3-7(6)10)5-1-2-5/h3-5H,1-2H2,(H2,10,11). The summed E-state index contributed by atoms with van der Waals surface area (Å²) in [6.07, 6.45) is 3.53. The Hall–Kier alpha value is -1.12. The summed E-state index contributed by atoms with van der Waals surface area (Å²) in [6, 6.07) is 1.63. The number of halogens is 1. The molecule has 1 heterocycles. The van der Waals surface area contributed by atoms with Crippen molar-refractivity contribution in [3.63, 3.8) is 0 Å². The quantitative estimate of drug-likeness (QED) is 0.664. The molecular formula is C8H9FN2. The van der Waals surface area contributed by atoms with Crippen molar-refractivity contribution in [2.75, 3.05) is 5.73 Å². The van der Waals surface area contributed by atoms with E-state index in [0.29, 0.717) is 5.92 Å². The molecule has 3 heteroatoms. The Labute approximate surface area is 64.2 Å². The van der Waals surface area contributed by atoms with E-state index in [-0.39, 0.29) is 5.69 Å². The number of nitrogens with two attached hydrogens (primary N) is 1. The van der Waals surface area contributed by atoms with E-state index in [2.05, 4.69) is 4.98 Å². The first kappa shape index (κ1) is 6.58. The van der Waals surface area contributed by atoms with Gasteiger partial charge in [-0.05, 0) is 18.9 Å². The fourth-order valence-corrected chi connectivity index (χ4v) is 1.07. The lowest BCUT2D eigenvalue weighted by Crippen LogP contribution is -1.94. The van der Waals surface area contributed by atoms with Gasteiger partial charge in [-0.3, -0.25) is 4.98 Å². The zero-order valence-corrected chi connectivity index (χ0v) is 6.05. The molecule has 1 aliphatic carbocycles. The van der Waals surface area contributed by atoms with Gasteiger partial charge in [0.25, 0.3) is 0 Å². The average Bonchev–Trinajstić information content (AvgIpc) is 2.77. The van der Waals surface area contributed by atoms with Gasteiger partial charge in [-0.1, -0.05) is 0 Å². The monoisotopic (exact) mass is 152 g/mol. The highest BCUT2D eigenvalue weighted by atomic mass is 19.1. The van der Waals surface area contributed by atoms with E-state index < -0.39 is 5.82 Å². The van der Waals surface area contributed by atoms with Crippen LogP contribution in [0.3, 0.4) is 0 Å². The van der Waals surface area contributed by atoms with E-state index in [9.17, 15) is 4.39 Å². The number of aromatic nitrogens is 1. The second-order valence-electron chi connectivity index (χ2n) is 2.90. The Morgan fingerprint density at radius 1 is 1.55 bits per heavy atom. The molecule has 58 valence electrons. The minimum Gasteiger partial charge on any atom is -0.396 e. The van der Waals surface area contributed by atoms with Crippen molar-refractivity contribution in [2.45, 2.75) is 18.8 Å². The maximum Gasteiger partial charge on any atom is 0.164 e. The molecule has 2 rings (SSSR count). The SMILES string of the molecule is Nc1cc(C2CC2)ncc1F. The lowest BCUT2D eigenvalue weighted by atomic mass is 10.2. The van der Waals surface area contributed by atoms with E-state index in [1.54, 1.807) is 6.07 Å². The van der Waals surface area contributed by atoms with Crippen LogP contribution in [0.5, 0.6) is 0 Å². The fraction of sp³-hybridized carbons (Fsp3) is 0.375. The normalized spacial score (nSPS) is 16.8. The number of rotatable bonds is 1. The van der Waals surface area contributed by atoms with E-state index in [4.69, 9.17) is 5.73 Å². The van der Waals surface area contributed by atoms with Crippen molar-refractivity contribution < 1.29 is 4.39 Å². The van der Waals surface area contributed by atoms with Crippen LogP contribution in [-0.2, 0) is 0 Å². The molecule has 0 spiro atoms. The molecule has 0 amide bonds. The van der Waals surface area contributed by atoms with Crippen molar-refractivity contribution in [3.8, 4) is 0 Å². The maximum absolute atomic E-state index is 12.6. The van der Waals surface area contributed by atoms with Crippen molar-refractivity contribution in [1.29, 1.82) is 0 Å². The van der Waals surface area contributed by atoms with Crippen molar-refractivity contribution in [2.24, 2.45) is 0 Å². The van der Waals surface area contributed by atoms with Gasteiger partial charge in [0.2, 0.25) is 0 Å². The summed E-state index contributed by atoms with van der Waals surface area (Å²) in [5.74, 6) is 0.118. The molecule has 0 aliphatic heterocycles. The summed E-state index contributed by atoms with van der Waals surface area (Å²) in [5, 5.41) is 0. The molecular weight excluding hydrogens is 143 g/mol. The maximum atomic E-state index is 12.6. The van der Waals surface area contributed by atoms with Gasteiger partial charge in [0.1, 0.15) is 0 Å². The third kappa shape index (κ3) is 1.18. The van der Waals surface area contributed by atoms with Gasteiger partial charge in [0, 0.05) is 11.6 Å². The average molecular weight is 152 g/mol. The molecule has 0 radical (unpaired) electrons. The summed E-state index contributed by atoms with van der Waals surface area (Å²) >= 11 is 0. The number of nitrogen functional groups attached to an aromatic ring is 1. The molecule has 0 atom stereocenters. The van der Waals surface area contributed by atoms with Crippen LogP contribution in [0.2, 0.25) is 0 Å². The summed E-state index contributed by atoms with van der Waals surface area (Å²) in [6.45, 7) is 0. The van der Waals surface area contributed by atoms with Gasteiger partial charge in [0.05, 0.1) is 11.9 Å². The van der Waals surface area contributed by atoms with Gasteiger partial charge >= 0.3 is 0 Å². The third-order valence-electron chi connectivity index (χ3n) is 1.90. The summed E-state index contributed by atoms with van der Waals surface area (Å²) in [5.41, 5.74) is 6.52. The predicted molar refractivity (Wildman–Crippen MR) is 40.6 cm³/mol.